The second-order valence-electron chi connectivity index (χ2n) is 6.29. The maximum atomic E-state index is 13.1. The molecule has 0 aliphatic heterocycles. The smallest absolute Gasteiger partial charge is 0.222 e. The lowest BCUT2D eigenvalue weighted by atomic mass is 10.0. The standard InChI is InChI=1S/C19H19FN4/c20-14-8-5-12(6-9-14)13-7-10-17-16(11-13)18(24-19(21)23-17)22-15-3-1-2-4-15/h5-11,15H,1-4H2,(H3,21,22,23,24). The molecule has 122 valence electrons. The second kappa shape index (κ2) is 6.07. The molecule has 1 fully saturated rings. The van der Waals surface area contributed by atoms with E-state index in [1.165, 1.54) is 25.0 Å². The van der Waals surface area contributed by atoms with E-state index in [2.05, 4.69) is 15.3 Å². The zero-order valence-corrected chi connectivity index (χ0v) is 13.3. The van der Waals surface area contributed by atoms with Crippen molar-refractivity contribution in [1.82, 2.24) is 9.97 Å². The first-order valence-corrected chi connectivity index (χ1v) is 8.29. The van der Waals surface area contributed by atoms with Crippen molar-refractivity contribution in [2.45, 2.75) is 31.7 Å². The van der Waals surface area contributed by atoms with Gasteiger partial charge in [-0.25, -0.2) is 9.37 Å². The molecule has 1 aromatic heterocycles. The summed E-state index contributed by atoms with van der Waals surface area (Å²) in [7, 11) is 0. The first-order valence-electron chi connectivity index (χ1n) is 8.29. The summed E-state index contributed by atoms with van der Waals surface area (Å²) in [6.07, 6.45) is 4.81. The maximum absolute atomic E-state index is 13.1. The lowest BCUT2D eigenvalue weighted by molar-refractivity contribution is 0.628. The summed E-state index contributed by atoms with van der Waals surface area (Å²) in [6, 6.07) is 12.9. The van der Waals surface area contributed by atoms with Gasteiger partial charge in [-0.3, -0.25) is 0 Å². The number of nitrogens with one attached hydrogen (secondary N) is 1. The first kappa shape index (κ1) is 14.9. The number of fused-ring (bicyclic) bond motifs is 1. The van der Waals surface area contributed by atoms with E-state index in [-0.39, 0.29) is 11.8 Å². The van der Waals surface area contributed by atoms with Crippen LogP contribution in [0.2, 0.25) is 0 Å². The number of nitrogens with zero attached hydrogens (tertiary/aromatic N) is 2. The number of aromatic nitrogens is 2. The van der Waals surface area contributed by atoms with Gasteiger partial charge in [0.1, 0.15) is 11.6 Å². The molecule has 5 heteroatoms. The Morgan fingerprint density at radius 1 is 0.958 bits per heavy atom. The fourth-order valence-electron chi connectivity index (χ4n) is 3.34. The second-order valence-corrected chi connectivity index (χ2v) is 6.29. The minimum atomic E-state index is -0.237. The fraction of sp³-hybridized carbons (Fsp3) is 0.263. The van der Waals surface area contributed by atoms with Gasteiger partial charge >= 0.3 is 0 Å². The van der Waals surface area contributed by atoms with E-state index in [0.29, 0.717) is 6.04 Å². The fourth-order valence-corrected chi connectivity index (χ4v) is 3.34. The molecule has 0 spiro atoms. The van der Waals surface area contributed by atoms with Crippen LogP contribution in [0.25, 0.3) is 22.0 Å². The molecule has 0 amide bonds. The molecule has 4 nitrogen and oxygen atoms in total. The molecular weight excluding hydrogens is 303 g/mol. The van der Waals surface area contributed by atoms with E-state index < -0.39 is 0 Å². The molecule has 0 atom stereocenters. The zero-order valence-electron chi connectivity index (χ0n) is 13.3. The Bertz CT molecular complexity index is 870. The highest BCUT2D eigenvalue weighted by Crippen LogP contribution is 2.30. The average Bonchev–Trinajstić information content (AvgIpc) is 3.08. The Balaban J connectivity index is 1.78. The van der Waals surface area contributed by atoms with Crippen molar-refractivity contribution in [3.8, 4) is 11.1 Å². The normalized spacial score (nSPS) is 15.0. The largest absolute Gasteiger partial charge is 0.368 e. The summed E-state index contributed by atoms with van der Waals surface area (Å²) >= 11 is 0. The summed E-state index contributed by atoms with van der Waals surface area (Å²) < 4.78 is 13.1. The van der Waals surface area contributed by atoms with E-state index in [9.17, 15) is 4.39 Å². The number of hydrogen-bond acceptors (Lipinski definition) is 4. The quantitative estimate of drug-likeness (QED) is 0.751. The van der Waals surface area contributed by atoms with Crippen molar-refractivity contribution in [1.29, 1.82) is 0 Å². The summed E-state index contributed by atoms with van der Waals surface area (Å²) in [5.41, 5.74) is 8.64. The number of nitrogens with two attached hydrogens (primary N) is 1. The van der Waals surface area contributed by atoms with Crippen LogP contribution in [0, 0.1) is 5.82 Å². The molecule has 4 rings (SSSR count). The predicted octanol–water partition coefficient (Wildman–Crippen LogP) is 4.37. The van der Waals surface area contributed by atoms with Gasteiger partial charge in [0, 0.05) is 11.4 Å². The zero-order chi connectivity index (χ0) is 16.5. The topological polar surface area (TPSA) is 63.8 Å². The van der Waals surface area contributed by atoms with Crippen LogP contribution in [0.15, 0.2) is 42.5 Å². The van der Waals surface area contributed by atoms with Crippen molar-refractivity contribution in [3.05, 3.63) is 48.3 Å². The molecule has 2 aromatic carbocycles. The predicted molar refractivity (Wildman–Crippen MR) is 95.2 cm³/mol. The third-order valence-electron chi connectivity index (χ3n) is 4.59. The van der Waals surface area contributed by atoms with Gasteiger partial charge in [-0.15, -0.1) is 0 Å². The average molecular weight is 322 g/mol. The Labute approximate surface area is 139 Å². The van der Waals surface area contributed by atoms with Crippen LogP contribution in [-0.2, 0) is 0 Å². The summed E-state index contributed by atoms with van der Waals surface area (Å²) in [4.78, 5) is 8.74. The Kier molecular flexibility index (Phi) is 3.76. The van der Waals surface area contributed by atoms with Gasteiger partial charge in [0.25, 0.3) is 0 Å². The third-order valence-corrected chi connectivity index (χ3v) is 4.59. The van der Waals surface area contributed by atoms with Gasteiger partial charge in [-0.2, -0.15) is 4.98 Å². The Morgan fingerprint density at radius 2 is 1.67 bits per heavy atom. The molecule has 0 bridgehead atoms. The van der Waals surface area contributed by atoms with Gasteiger partial charge in [-0.1, -0.05) is 31.0 Å². The van der Waals surface area contributed by atoms with Crippen molar-refractivity contribution >= 4 is 22.7 Å². The van der Waals surface area contributed by atoms with Gasteiger partial charge in [0.2, 0.25) is 5.95 Å². The van der Waals surface area contributed by atoms with Crippen molar-refractivity contribution in [3.63, 3.8) is 0 Å². The molecule has 0 saturated heterocycles. The number of anilines is 2. The summed E-state index contributed by atoms with van der Waals surface area (Å²) in [6.45, 7) is 0. The number of halogens is 1. The summed E-state index contributed by atoms with van der Waals surface area (Å²) in [5, 5.41) is 4.46. The highest BCUT2D eigenvalue weighted by Gasteiger charge is 2.17. The molecule has 3 aromatic rings. The number of rotatable bonds is 3. The Hall–Kier alpha value is -2.69. The lowest BCUT2D eigenvalue weighted by Gasteiger charge is -2.15. The number of hydrogen-bond donors (Lipinski definition) is 2. The molecule has 0 radical (unpaired) electrons. The van der Waals surface area contributed by atoms with Crippen molar-refractivity contribution in [2.24, 2.45) is 0 Å². The molecule has 0 unspecified atom stereocenters. The molecule has 1 aliphatic rings. The third kappa shape index (κ3) is 2.89. The number of nitrogen functional groups attached to an aromatic ring is 1. The molecule has 3 N–H and O–H groups in total. The maximum Gasteiger partial charge on any atom is 0.222 e. The SMILES string of the molecule is Nc1nc(NC2CCCC2)c2cc(-c3ccc(F)cc3)ccc2n1. The number of benzene rings is 2. The lowest BCUT2D eigenvalue weighted by Crippen LogP contribution is -2.16. The van der Waals surface area contributed by atoms with Gasteiger partial charge in [0.05, 0.1) is 5.52 Å². The Morgan fingerprint density at radius 3 is 2.42 bits per heavy atom. The van der Waals surface area contributed by atoms with Crippen LogP contribution in [-0.4, -0.2) is 16.0 Å². The van der Waals surface area contributed by atoms with E-state index in [4.69, 9.17) is 5.73 Å². The van der Waals surface area contributed by atoms with Crippen LogP contribution in [0.4, 0.5) is 16.2 Å². The van der Waals surface area contributed by atoms with Crippen LogP contribution in [0.1, 0.15) is 25.7 Å². The van der Waals surface area contributed by atoms with Crippen LogP contribution < -0.4 is 11.1 Å². The highest BCUT2D eigenvalue weighted by atomic mass is 19.1. The minimum Gasteiger partial charge on any atom is -0.368 e. The van der Waals surface area contributed by atoms with Crippen LogP contribution in [0.5, 0.6) is 0 Å². The van der Waals surface area contributed by atoms with E-state index in [1.807, 2.05) is 18.2 Å². The monoisotopic (exact) mass is 322 g/mol. The van der Waals surface area contributed by atoms with E-state index in [1.54, 1.807) is 12.1 Å². The molecular formula is C19H19FN4. The van der Waals surface area contributed by atoms with Crippen molar-refractivity contribution < 1.29 is 4.39 Å². The minimum absolute atomic E-state index is 0.237. The van der Waals surface area contributed by atoms with E-state index >= 15 is 0 Å². The molecule has 1 saturated carbocycles. The molecule has 1 aliphatic carbocycles. The van der Waals surface area contributed by atoms with Crippen LogP contribution >= 0.6 is 0 Å². The highest BCUT2D eigenvalue weighted by molar-refractivity contribution is 5.93. The van der Waals surface area contributed by atoms with Gasteiger partial charge in [-0.05, 0) is 48.2 Å². The first-order chi connectivity index (χ1) is 11.7. The summed E-state index contributed by atoms with van der Waals surface area (Å²) in [5.74, 6) is 0.824. The molecule has 1 heterocycles. The van der Waals surface area contributed by atoms with Gasteiger partial charge < -0.3 is 11.1 Å². The van der Waals surface area contributed by atoms with Gasteiger partial charge in [0.15, 0.2) is 0 Å². The molecule has 24 heavy (non-hydrogen) atoms. The van der Waals surface area contributed by atoms with Crippen molar-refractivity contribution in [2.75, 3.05) is 11.1 Å². The van der Waals surface area contributed by atoms with E-state index in [0.717, 1.165) is 40.7 Å². The van der Waals surface area contributed by atoms with Crippen LogP contribution in [0.3, 0.4) is 0 Å².